The van der Waals surface area contributed by atoms with E-state index in [2.05, 4.69) is 5.32 Å². The summed E-state index contributed by atoms with van der Waals surface area (Å²) in [5, 5.41) is 13.0. The molecule has 5 heteroatoms. The highest BCUT2D eigenvalue weighted by atomic mass is 16.3. The minimum absolute atomic E-state index is 0.00704. The maximum Gasteiger partial charge on any atom is 0.225 e. The summed E-state index contributed by atoms with van der Waals surface area (Å²) < 4.78 is 0. The maximum atomic E-state index is 12.5. The zero-order chi connectivity index (χ0) is 16.1. The van der Waals surface area contributed by atoms with Crippen LogP contribution in [0, 0.1) is 11.8 Å². The number of carbonyl (C=O) groups excluding carboxylic acids is 2. The van der Waals surface area contributed by atoms with Gasteiger partial charge in [0.1, 0.15) is 0 Å². The molecule has 0 aromatic carbocycles. The van der Waals surface area contributed by atoms with Crippen molar-refractivity contribution in [2.24, 2.45) is 11.8 Å². The molecule has 0 radical (unpaired) electrons. The molecule has 0 aromatic rings. The number of hydrogen-bond acceptors (Lipinski definition) is 3. The van der Waals surface area contributed by atoms with Crippen LogP contribution in [0.3, 0.4) is 0 Å². The summed E-state index contributed by atoms with van der Waals surface area (Å²) in [4.78, 5) is 26.6. The fourth-order valence-electron chi connectivity index (χ4n) is 3.46. The van der Waals surface area contributed by atoms with Gasteiger partial charge in [-0.2, -0.15) is 0 Å². The first-order valence-electron chi connectivity index (χ1n) is 8.80. The Morgan fingerprint density at radius 1 is 1.23 bits per heavy atom. The Kier molecular flexibility index (Phi) is 6.24. The number of aliphatic hydroxyl groups excluding tert-OH is 1. The molecule has 1 saturated carbocycles. The lowest BCUT2D eigenvalue weighted by Gasteiger charge is -2.35. The Bertz CT molecular complexity index is 399. The van der Waals surface area contributed by atoms with Gasteiger partial charge >= 0.3 is 0 Å². The smallest absolute Gasteiger partial charge is 0.225 e. The molecule has 1 saturated heterocycles. The fourth-order valence-corrected chi connectivity index (χ4v) is 3.46. The number of aliphatic hydroxyl groups is 1. The van der Waals surface area contributed by atoms with Crippen LogP contribution in [0.5, 0.6) is 0 Å². The van der Waals surface area contributed by atoms with Crippen molar-refractivity contribution in [1.29, 1.82) is 0 Å². The number of nitrogens with zero attached hydrogens (tertiary/aromatic N) is 1. The average Bonchev–Trinajstić information content (AvgIpc) is 2.55. The number of piperidine rings is 1. The van der Waals surface area contributed by atoms with Crippen LogP contribution in [0.1, 0.15) is 58.8 Å². The molecular weight excluding hydrogens is 280 g/mol. The summed E-state index contributed by atoms with van der Waals surface area (Å²) >= 11 is 0. The van der Waals surface area contributed by atoms with Crippen molar-refractivity contribution in [2.75, 3.05) is 13.1 Å². The van der Waals surface area contributed by atoms with Crippen molar-refractivity contribution in [3.05, 3.63) is 0 Å². The number of nitrogens with one attached hydrogen (secondary N) is 1. The molecule has 2 aliphatic rings. The summed E-state index contributed by atoms with van der Waals surface area (Å²) in [5.41, 5.74) is 0. The van der Waals surface area contributed by atoms with Crippen LogP contribution in [0.15, 0.2) is 0 Å². The monoisotopic (exact) mass is 310 g/mol. The molecule has 1 aliphatic heterocycles. The number of rotatable bonds is 4. The van der Waals surface area contributed by atoms with E-state index in [0.717, 1.165) is 51.5 Å². The molecule has 0 aromatic heterocycles. The molecule has 126 valence electrons. The Hall–Kier alpha value is -1.10. The minimum Gasteiger partial charge on any atom is -0.391 e. The largest absolute Gasteiger partial charge is 0.391 e. The highest BCUT2D eigenvalue weighted by Crippen LogP contribution is 2.22. The van der Waals surface area contributed by atoms with Gasteiger partial charge in [-0.25, -0.2) is 0 Å². The van der Waals surface area contributed by atoms with Crippen molar-refractivity contribution in [1.82, 2.24) is 10.2 Å². The van der Waals surface area contributed by atoms with E-state index >= 15 is 0 Å². The summed E-state index contributed by atoms with van der Waals surface area (Å²) in [6, 6.07) is -0.109. The summed E-state index contributed by atoms with van der Waals surface area (Å²) in [7, 11) is 0. The van der Waals surface area contributed by atoms with Crippen molar-refractivity contribution >= 4 is 11.8 Å². The van der Waals surface area contributed by atoms with Crippen LogP contribution in [-0.4, -0.2) is 47.1 Å². The van der Waals surface area contributed by atoms with Gasteiger partial charge in [0.15, 0.2) is 0 Å². The van der Waals surface area contributed by atoms with Crippen molar-refractivity contribution in [3.63, 3.8) is 0 Å². The second-order valence-electron chi connectivity index (χ2n) is 6.90. The Morgan fingerprint density at radius 2 is 1.95 bits per heavy atom. The van der Waals surface area contributed by atoms with E-state index in [1.54, 1.807) is 0 Å². The van der Waals surface area contributed by atoms with Crippen molar-refractivity contribution < 1.29 is 14.7 Å². The zero-order valence-corrected chi connectivity index (χ0v) is 13.9. The third-order valence-corrected chi connectivity index (χ3v) is 5.19. The predicted molar refractivity (Wildman–Crippen MR) is 85.2 cm³/mol. The van der Waals surface area contributed by atoms with E-state index in [1.165, 1.54) is 0 Å². The fraction of sp³-hybridized carbons (Fsp3) is 0.882. The molecule has 2 fully saturated rings. The molecular formula is C17H30N2O3. The second-order valence-corrected chi connectivity index (χ2v) is 6.90. The standard InChI is InChI=1S/C17H30N2O3/c1-3-12(2)17(22)19-10-6-7-13(11-19)16(21)18-14-8-4-5-9-15(14)20/h12-15,20H,3-11H2,1-2H3,(H,18,21). The molecule has 4 atom stereocenters. The summed E-state index contributed by atoms with van der Waals surface area (Å²) in [5.74, 6) is 0.0724. The highest BCUT2D eigenvalue weighted by Gasteiger charge is 2.32. The van der Waals surface area contributed by atoms with Crippen LogP contribution >= 0.6 is 0 Å². The number of amides is 2. The van der Waals surface area contributed by atoms with E-state index in [9.17, 15) is 14.7 Å². The highest BCUT2D eigenvalue weighted by molar-refractivity contribution is 5.82. The van der Waals surface area contributed by atoms with Crippen LogP contribution < -0.4 is 5.32 Å². The third-order valence-electron chi connectivity index (χ3n) is 5.19. The Balaban J connectivity index is 1.88. The van der Waals surface area contributed by atoms with Gasteiger partial charge in [-0.1, -0.05) is 26.7 Å². The lowest BCUT2D eigenvalue weighted by Crippen LogP contribution is -2.51. The number of carbonyl (C=O) groups is 2. The van der Waals surface area contributed by atoms with E-state index in [0.29, 0.717) is 6.54 Å². The normalized spacial score (nSPS) is 30.7. The Labute approximate surface area is 133 Å². The van der Waals surface area contributed by atoms with Gasteiger partial charge < -0.3 is 15.3 Å². The lowest BCUT2D eigenvalue weighted by atomic mass is 9.90. The SMILES string of the molecule is CCC(C)C(=O)N1CCCC(C(=O)NC2CCCCC2O)C1. The van der Waals surface area contributed by atoms with Gasteiger partial charge in [0, 0.05) is 19.0 Å². The van der Waals surface area contributed by atoms with E-state index in [-0.39, 0.29) is 29.7 Å². The molecule has 2 amide bonds. The quantitative estimate of drug-likeness (QED) is 0.830. The van der Waals surface area contributed by atoms with Gasteiger partial charge in [-0.15, -0.1) is 0 Å². The molecule has 22 heavy (non-hydrogen) atoms. The van der Waals surface area contributed by atoms with Crippen LogP contribution in [-0.2, 0) is 9.59 Å². The molecule has 0 spiro atoms. The van der Waals surface area contributed by atoms with Crippen molar-refractivity contribution in [2.45, 2.75) is 70.9 Å². The maximum absolute atomic E-state index is 12.5. The summed E-state index contributed by atoms with van der Waals surface area (Å²) in [6.45, 7) is 5.25. The first kappa shape index (κ1) is 17.3. The summed E-state index contributed by atoms with van der Waals surface area (Å²) in [6.07, 6.45) is 5.86. The van der Waals surface area contributed by atoms with E-state index < -0.39 is 6.10 Å². The van der Waals surface area contributed by atoms with Crippen LogP contribution in [0.4, 0.5) is 0 Å². The molecule has 2 N–H and O–H groups in total. The molecule has 4 unspecified atom stereocenters. The first-order valence-corrected chi connectivity index (χ1v) is 8.80. The zero-order valence-electron chi connectivity index (χ0n) is 13.9. The third kappa shape index (κ3) is 4.22. The van der Waals surface area contributed by atoms with Crippen molar-refractivity contribution in [3.8, 4) is 0 Å². The lowest BCUT2D eigenvalue weighted by molar-refractivity contribution is -0.139. The topological polar surface area (TPSA) is 69.6 Å². The number of likely N-dealkylation sites (tertiary alicyclic amines) is 1. The van der Waals surface area contributed by atoms with E-state index in [1.807, 2.05) is 18.7 Å². The average molecular weight is 310 g/mol. The first-order chi connectivity index (χ1) is 10.5. The van der Waals surface area contributed by atoms with Gasteiger partial charge in [-0.3, -0.25) is 9.59 Å². The van der Waals surface area contributed by atoms with Gasteiger partial charge in [-0.05, 0) is 32.1 Å². The van der Waals surface area contributed by atoms with E-state index in [4.69, 9.17) is 0 Å². The Morgan fingerprint density at radius 3 is 2.64 bits per heavy atom. The molecule has 1 aliphatic carbocycles. The molecule has 1 heterocycles. The molecule has 5 nitrogen and oxygen atoms in total. The predicted octanol–water partition coefficient (Wildman–Crippen LogP) is 1.69. The van der Waals surface area contributed by atoms with Gasteiger partial charge in [0.05, 0.1) is 18.1 Å². The molecule has 0 bridgehead atoms. The van der Waals surface area contributed by atoms with Gasteiger partial charge in [0.2, 0.25) is 11.8 Å². The second kappa shape index (κ2) is 7.95. The van der Waals surface area contributed by atoms with Crippen LogP contribution in [0.25, 0.3) is 0 Å². The van der Waals surface area contributed by atoms with Crippen LogP contribution in [0.2, 0.25) is 0 Å². The van der Waals surface area contributed by atoms with Gasteiger partial charge in [0.25, 0.3) is 0 Å². The molecule has 2 rings (SSSR count). The minimum atomic E-state index is -0.417. The number of hydrogen-bond donors (Lipinski definition) is 2.